The monoisotopic (exact) mass is 290 g/mol. The first-order chi connectivity index (χ1) is 9.97. The van der Waals surface area contributed by atoms with Crippen molar-refractivity contribution in [3.63, 3.8) is 0 Å². The second kappa shape index (κ2) is 8.45. The van der Waals surface area contributed by atoms with E-state index in [1.165, 1.54) is 0 Å². The number of carbonyl (C=O) groups is 2. The van der Waals surface area contributed by atoms with Crippen molar-refractivity contribution in [2.45, 2.75) is 47.0 Å². The maximum Gasteiger partial charge on any atom is 0.223 e. The fraction of sp³-hybridized carbons (Fsp3) is 0.529. The predicted octanol–water partition coefficient (Wildman–Crippen LogP) is 2.96. The first-order valence-electron chi connectivity index (χ1n) is 7.58. The average Bonchev–Trinajstić information content (AvgIpc) is 2.41. The third-order valence-corrected chi connectivity index (χ3v) is 3.50. The van der Waals surface area contributed by atoms with Crippen LogP contribution in [0.15, 0.2) is 18.2 Å². The van der Waals surface area contributed by atoms with Crippen molar-refractivity contribution >= 4 is 17.5 Å². The van der Waals surface area contributed by atoms with Gasteiger partial charge in [0.15, 0.2) is 0 Å². The number of amides is 2. The fourth-order valence-electron chi connectivity index (χ4n) is 2.36. The van der Waals surface area contributed by atoms with E-state index in [4.69, 9.17) is 0 Å². The Balaban J connectivity index is 2.71. The van der Waals surface area contributed by atoms with Crippen molar-refractivity contribution in [1.29, 1.82) is 0 Å². The summed E-state index contributed by atoms with van der Waals surface area (Å²) in [6.07, 6.45) is 2.37. The summed E-state index contributed by atoms with van der Waals surface area (Å²) in [7, 11) is 0. The van der Waals surface area contributed by atoms with Gasteiger partial charge in [-0.3, -0.25) is 9.59 Å². The van der Waals surface area contributed by atoms with Crippen LogP contribution in [0.5, 0.6) is 0 Å². The van der Waals surface area contributed by atoms with E-state index in [2.05, 4.69) is 12.2 Å². The van der Waals surface area contributed by atoms with Crippen LogP contribution in [0.25, 0.3) is 0 Å². The molecule has 0 fully saturated rings. The number of carbonyl (C=O) groups excluding carboxylic acids is 2. The van der Waals surface area contributed by atoms with Crippen molar-refractivity contribution in [1.82, 2.24) is 5.32 Å². The van der Waals surface area contributed by atoms with Crippen molar-refractivity contribution in [2.24, 2.45) is 0 Å². The summed E-state index contributed by atoms with van der Waals surface area (Å²) in [6.45, 7) is 8.72. The van der Waals surface area contributed by atoms with Gasteiger partial charge >= 0.3 is 0 Å². The molecule has 0 saturated carbocycles. The zero-order chi connectivity index (χ0) is 15.8. The lowest BCUT2D eigenvalue weighted by Gasteiger charge is -2.25. The third kappa shape index (κ3) is 5.21. The summed E-state index contributed by atoms with van der Waals surface area (Å²) in [5, 5.41) is 2.88. The van der Waals surface area contributed by atoms with Crippen LogP contribution in [-0.2, 0) is 9.59 Å². The number of nitrogens with one attached hydrogen (secondary N) is 1. The van der Waals surface area contributed by atoms with E-state index >= 15 is 0 Å². The van der Waals surface area contributed by atoms with E-state index in [1.54, 1.807) is 11.8 Å². The number of hydrogen-bond donors (Lipinski definition) is 1. The van der Waals surface area contributed by atoms with Crippen LogP contribution < -0.4 is 10.2 Å². The first-order valence-corrected chi connectivity index (χ1v) is 7.58. The number of rotatable bonds is 7. The Labute approximate surface area is 127 Å². The number of anilines is 1. The summed E-state index contributed by atoms with van der Waals surface area (Å²) >= 11 is 0. The first kappa shape index (κ1) is 17.2. The van der Waals surface area contributed by atoms with E-state index < -0.39 is 0 Å². The molecule has 0 heterocycles. The van der Waals surface area contributed by atoms with Gasteiger partial charge in [-0.05, 0) is 31.4 Å². The molecule has 2 amide bonds. The molecule has 0 spiro atoms. The minimum atomic E-state index is -0.0336. The zero-order valence-corrected chi connectivity index (χ0v) is 13.5. The largest absolute Gasteiger partial charge is 0.356 e. The van der Waals surface area contributed by atoms with Gasteiger partial charge < -0.3 is 10.2 Å². The summed E-state index contributed by atoms with van der Waals surface area (Å²) in [5.41, 5.74) is 3.03. The molecule has 0 radical (unpaired) electrons. The molecule has 1 aromatic carbocycles. The van der Waals surface area contributed by atoms with Crippen LogP contribution in [0.3, 0.4) is 0 Å². The SMILES string of the molecule is CCCCNC(=O)CCN(C(C)=O)c1c(C)cccc1C. The Morgan fingerprint density at radius 1 is 1.19 bits per heavy atom. The Morgan fingerprint density at radius 3 is 2.33 bits per heavy atom. The Kier molecular flexibility index (Phi) is 6.92. The summed E-state index contributed by atoms with van der Waals surface area (Å²) in [6, 6.07) is 5.95. The highest BCUT2D eigenvalue weighted by molar-refractivity contribution is 5.94. The van der Waals surface area contributed by atoms with Crippen LogP contribution in [0, 0.1) is 13.8 Å². The van der Waals surface area contributed by atoms with Crippen LogP contribution in [-0.4, -0.2) is 24.9 Å². The second-order valence-corrected chi connectivity index (χ2v) is 5.36. The quantitative estimate of drug-likeness (QED) is 0.785. The molecule has 4 nitrogen and oxygen atoms in total. The zero-order valence-electron chi connectivity index (χ0n) is 13.5. The average molecular weight is 290 g/mol. The highest BCUT2D eigenvalue weighted by Crippen LogP contribution is 2.24. The van der Waals surface area contributed by atoms with Gasteiger partial charge in [0, 0.05) is 32.1 Å². The van der Waals surface area contributed by atoms with E-state index in [1.807, 2.05) is 32.0 Å². The molecule has 1 N–H and O–H groups in total. The maximum absolute atomic E-state index is 11.9. The molecule has 4 heteroatoms. The van der Waals surface area contributed by atoms with Gasteiger partial charge in [0.05, 0.1) is 0 Å². The number of para-hydroxylation sites is 1. The highest BCUT2D eigenvalue weighted by atomic mass is 16.2. The lowest BCUT2D eigenvalue weighted by atomic mass is 10.1. The van der Waals surface area contributed by atoms with Gasteiger partial charge in [-0.2, -0.15) is 0 Å². The Morgan fingerprint density at radius 2 is 1.81 bits per heavy atom. The van der Waals surface area contributed by atoms with Gasteiger partial charge in [-0.15, -0.1) is 0 Å². The number of benzene rings is 1. The van der Waals surface area contributed by atoms with Gasteiger partial charge in [-0.25, -0.2) is 0 Å². The smallest absolute Gasteiger partial charge is 0.223 e. The van der Waals surface area contributed by atoms with E-state index in [0.717, 1.165) is 29.7 Å². The van der Waals surface area contributed by atoms with Gasteiger partial charge in [0.25, 0.3) is 0 Å². The number of nitrogens with zero attached hydrogens (tertiary/aromatic N) is 1. The molecule has 0 aliphatic rings. The van der Waals surface area contributed by atoms with Crippen LogP contribution in [0.1, 0.15) is 44.2 Å². The van der Waals surface area contributed by atoms with Crippen LogP contribution >= 0.6 is 0 Å². The van der Waals surface area contributed by atoms with E-state index in [0.29, 0.717) is 19.5 Å². The summed E-state index contributed by atoms with van der Waals surface area (Å²) < 4.78 is 0. The summed E-state index contributed by atoms with van der Waals surface area (Å²) in [4.78, 5) is 25.4. The number of unbranched alkanes of at least 4 members (excludes halogenated alkanes) is 1. The molecule has 1 rings (SSSR count). The molecule has 0 aliphatic heterocycles. The molecule has 0 saturated heterocycles. The lowest BCUT2D eigenvalue weighted by Crippen LogP contribution is -2.35. The fourth-order valence-corrected chi connectivity index (χ4v) is 2.36. The minimum absolute atomic E-state index is 0.000868. The van der Waals surface area contributed by atoms with Crippen LogP contribution in [0.4, 0.5) is 5.69 Å². The van der Waals surface area contributed by atoms with Crippen molar-refractivity contribution < 1.29 is 9.59 Å². The molecule has 0 unspecified atom stereocenters. The van der Waals surface area contributed by atoms with Gasteiger partial charge in [-0.1, -0.05) is 31.5 Å². The molecular formula is C17H26N2O2. The minimum Gasteiger partial charge on any atom is -0.356 e. The molecule has 1 aromatic rings. The lowest BCUT2D eigenvalue weighted by molar-refractivity contribution is -0.121. The molecule has 0 aliphatic carbocycles. The maximum atomic E-state index is 11.9. The van der Waals surface area contributed by atoms with Crippen molar-refractivity contribution in [2.75, 3.05) is 18.0 Å². The normalized spacial score (nSPS) is 10.3. The molecule has 0 atom stereocenters. The molecule has 0 aromatic heterocycles. The standard InChI is InChI=1S/C17H26N2O2/c1-5-6-11-18-16(21)10-12-19(15(4)20)17-13(2)8-7-9-14(17)3/h7-9H,5-6,10-12H2,1-4H3,(H,18,21). The van der Waals surface area contributed by atoms with Crippen molar-refractivity contribution in [3.8, 4) is 0 Å². The van der Waals surface area contributed by atoms with E-state index in [-0.39, 0.29) is 11.8 Å². The molecule has 0 bridgehead atoms. The van der Waals surface area contributed by atoms with Gasteiger partial charge in [0.1, 0.15) is 0 Å². The molecular weight excluding hydrogens is 264 g/mol. The third-order valence-electron chi connectivity index (χ3n) is 3.50. The summed E-state index contributed by atoms with van der Waals surface area (Å²) in [5.74, 6) is -0.0327. The Bertz CT molecular complexity index is 477. The number of aryl methyl sites for hydroxylation is 2. The number of hydrogen-bond acceptors (Lipinski definition) is 2. The Hall–Kier alpha value is -1.84. The highest BCUT2D eigenvalue weighted by Gasteiger charge is 2.17. The second-order valence-electron chi connectivity index (χ2n) is 5.36. The topological polar surface area (TPSA) is 49.4 Å². The van der Waals surface area contributed by atoms with Gasteiger partial charge in [0.2, 0.25) is 11.8 Å². The molecule has 116 valence electrons. The van der Waals surface area contributed by atoms with Crippen molar-refractivity contribution in [3.05, 3.63) is 29.3 Å². The predicted molar refractivity (Wildman–Crippen MR) is 86.5 cm³/mol. The van der Waals surface area contributed by atoms with Crippen LogP contribution in [0.2, 0.25) is 0 Å². The molecule has 21 heavy (non-hydrogen) atoms. The van der Waals surface area contributed by atoms with E-state index in [9.17, 15) is 9.59 Å².